The Morgan fingerprint density at radius 3 is 3.00 bits per heavy atom. The van der Waals surface area contributed by atoms with Gasteiger partial charge in [0.05, 0.1) is 11.8 Å². The molecule has 2 aromatic heterocycles. The van der Waals surface area contributed by atoms with Crippen molar-refractivity contribution in [1.82, 2.24) is 15.1 Å². The predicted octanol–water partition coefficient (Wildman–Crippen LogP) is 3.84. The fourth-order valence-corrected chi connectivity index (χ4v) is 4.16. The van der Waals surface area contributed by atoms with Crippen LogP contribution >= 0.6 is 11.3 Å². The SMILES string of the molecule is O=C(c1csc(-c2cn[nH]c2)c1)N1CCC(Cc2ccccc2)C1. The van der Waals surface area contributed by atoms with E-state index in [4.69, 9.17) is 0 Å². The van der Waals surface area contributed by atoms with Crippen molar-refractivity contribution in [2.24, 2.45) is 5.92 Å². The number of thiophene rings is 1. The Kier molecular flexibility index (Phi) is 4.17. The van der Waals surface area contributed by atoms with Gasteiger partial charge in [-0.15, -0.1) is 11.3 Å². The number of nitrogens with zero attached hydrogens (tertiary/aromatic N) is 2. The van der Waals surface area contributed by atoms with Crippen LogP contribution in [-0.4, -0.2) is 34.1 Å². The van der Waals surface area contributed by atoms with Crippen molar-refractivity contribution in [3.05, 3.63) is 65.3 Å². The topological polar surface area (TPSA) is 49.0 Å². The number of rotatable bonds is 4. The van der Waals surface area contributed by atoms with E-state index in [-0.39, 0.29) is 5.91 Å². The van der Waals surface area contributed by atoms with Crippen molar-refractivity contribution >= 4 is 17.2 Å². The lowest BCUT2D eigenvalue weighted by Crippen LogP contribution is -2.28. The maximum atomic E-state index is 12.7. The van der Waals surface area contributed by atoms with E-state index in [2.05, 4.69) is 34.5 Å². The monoisotopic (exact) mass is 337 g/mol. The van der Waals surface area contributed by atoms with E-state index in [1.54, 1.807) is 17.5 Å². The molecule has 1 N–H and O–H groups in total. The van der Waals surface area contributed by atoms with Crippen LogP contribution in [0.1, 0.15) is 22.3 Å². The van der Waals surface area contributed by atoms with Gasteiger partial charge in [0.2, 0.25) is 0 Å². The second kappa shape index (κ2) is 6.61. The summed E-state index contributed by atoms with van der Waals surface area (Å²) in [4.78, 5) is 15.8. The highest BCUT2D eigenvalue weighted by molar-refractivity contribution is 7.13. The zero-order valence-electron chi connectivity index (χ0n) is 13.3. The number of amides is 1. The summed E-state index contributed by atoms with van der Waals surface area (Å²) in [6.07, 6.45) is 5.77. The van der Waals surface area contributed by atoms with Gasteiger partial charge in [-0.05, 0) is 30.4 Å². The smallest absolute Gasteiger partial charge is 0.254 e. The quantitative estimate of drug-likeness (QED) is 0.786. The second-order valence-electron chi connectivity index (χ2n) is 6.28. The maximum Gasteiger partial charge on any atom is 0.254 e. The molecule has 0 spiro atoms. The Morgan fingerprint density at radius 2 is 2.21 bits per heavy atom. The maximum absolute atomic E-state index is 12.7. The summed E-state index contributed by atoms with van der Waals surface area (Å²) in [5.41, 5.74) is 3.17. The van der Waals surface area contributed by atoms with Crippen LogP contribution in [0.15, 0.2) is 54.2 Å². The molecule has 1 atom stereocenters. The normalized spacial score (nSPS) is 17.3. The number of aromatic amines is 1. The van der Waals surface area contributed by atoms with Crippen LogP contribution in [0.2, 0.25) is 0 Å². The summed E-state index contributed by atoms with van der Waals surface area (Å²) in [7, 11) is 0. The molecule has 24 heavy (non-hydrogen) atoms. The molecular formula is C19H19N3OS. The van der Waals surface area contributed by atoms with E-state index in [0.29, 0.717) is 5.92 Å². The zero-order chi connectivity index (χ0) is 16.4. The fourth-order valence-electron chi connectivity index (χ4n) is 3.30. The zero-order valence-corrected chi connectivity index (χ0v) is 14.1. The summed E-state index contributed by atoms with van der Waals surface area (Å²) in [6, 6.07) is 12.5. The number of nitrogens with one attached hydrogen (secondary N) is 1. The van der Waals surface area contributed by atoms with Gasteiger partial charge in [-0.1, -0.05) is 30.3 Å². The van der Waals surface area contributed by atoms with Gasteiger partial charge in [-0.3, -0.25) is 9.89 Å². The van der Waals surface area contributed by atoms with Crippen molar-refractivity contribution < 1.29 is 4.79 Å². The molecule has 1 saturated heterocycles. The van der Waals surface area contributed by atoms with Gasteiger partial charge in [0.25, 0.3) is 5.91 Å². The highest BCUT2D eigenvalue weighted by Gasteiger charge is 2.27. The average Bonchev–Trinajstić information content (AvgIpc) is 3.36. The Morgan fingerprint density at radius 1 is 1.33 bits per heavy atom. The number of hydrogen-bond acceptors (Lipinski definition) is 3. The molecule has 1 fully saturated rings. The van der Waals surface area contributed by atoms with E-state index >= 15 is 0 Å². The number of carbonyl (C=O) groups excluding carboxylic acids is 1. The summed E-state index contributed by atoms with van der Waals surface area (Å²) < 4.78 is 0. The molecule has 0 radical (unpaired) electrons. The third kappa shape index (κ3) is 3.12. The van der Waals surface area contributed by atoms with Crippen LogP contribution in [0, 0.1) is 5.92 Å². The fraction of sp³-hybridized carbons (Fsp3) is 0.263. The van der Waals surface area contributed by atoms with Crippen molar-refractivity contribution in [1.29, 1.82) is 0 Å². The molecule has 3 aromatic rings. The Bertz CT molecular complexity index is 810. The lowest BCUT2D eigenvalue weighted by atomic mass is 9.99. The lowest BCUT2D eigenvalue weighted by Gasteiger charge is -2.16. The van der Waals surface area contributed by atoms with E-state index in [9.17, 15) is 4.79 Å². The summed E-state index contributed by atoms with van der Waals surface area (Å²) >= 11 is 1.59. The number of aromatic nitrogens is 2. The minimum absolute atomic E-state index is 0.150. The molecule has 4 rings (SSSR count). The number of benzene rings is 1. The minimum atomic E-state index is 0.150. The van der Waals surface area contributed by atoms with Crippen molar-refractivity contribution in [3.63, 3.8) is 0 Å². The molecule has 3 heterocycles. The molecule has 0 saturated carbocycles. The first-order valence-corrected chi connectivity index (χ1v) is 9.08. The molecule has 0 aliphatic carbocycles. The highest BCUT2D eigenvalue weighted by atomic mass is 32.1. The second-order valence-corrected chi connectivity index (χ2v) is 7.19. The first kappa shape index (κ1) is 15.1. The Balaban J connectivity index is 1.41. The van der Waals surface area contributed by atoms with Crippen LogP contribution in [0.25, 0.3) is 10.4 Å². The molecular weight excluding hydrogens is 318 g/mol. The summed E-state index contributed by atoms with van der Waals surface area (Å²) in [5, 5.41) is 8.73. The van der Waals surface area contributed by atoms with Crippen molar-refractivity contribution in [2.45, 2.75) is 12.8 Å². The molecule has 4 nitrogen and oxygen atoms in total. The van der Waals surface area contributed by atoms with Crippen LogP contribution < -0.4 is 0 Å². The number of H-pyrrole nitrogens is 1. The van der Waals surface area contributed by atoms with E-state index in [0.717, 1.165) is 41.9 Å². The van der Waals surface area contributed by atoms with Crippen LogP contribution in [0.3, 0.4) is 0 Å². The van der Waals surface area contributed by atoms with Crippen molar-refractivity contribution in [2.75, 3.05) is 13.1 Å². The molecule has 1 aliphatic heterocycles. The molecule has 1 amide bonds. The van der Waals surface area contributed by atoms with Gasteiger partial charge in [0.1, 0.15) is 0 Å². The van der Waals surface area contributed by atoms with E-state index in [1.165, 1.54) is 5.56 Å². The largest absolute Gasteiger partial charge is 0.338 e. The molecule has 122 valence electrons. The molecule has 0 bridgehead atoms. The Labute approximate surface area is 145 Å². The number of carbonyl (C=O) groups is 1. The van der Waals surface area contributed by atoms with Gasteiger partial charge >= 0.3 is 0 Å². The van der Waals surface area contributed by atoms with Crippen molar-refractivity contribution in [3.8, 4) is 10.4 Å². The third-order valence-corrected chi connectivity index (χ3v) is 5.55. The van der Waals surface area contributed by atoms with Gasteiger partial charge in [-0.25, -0.2) is 0 Å². The number of likely N-dealkylation sites (tertiary alicyclic amines) is 1. The van der Waals surface area contributed by atoms with Crippen LogP contribution in [-0.2, 0) is 6.42 Å². The van der Waals surface area contributed by atoms with Gasteiger partial charge < -0.3 is 4.90 Å². The first-order chi connectivity index (χ1) is 11.8. The standard InChI is InChI=1S/C19H19N3OS/c23-19(16-9-18(24-13-16)17-10-20-21-11-17)22-7-6-15(12-22)8-14-4-2-1-3-5-14/h1-5,9-11,13,15H,6-8,12H2,(H,20,21). The molecule has 1 aromatic carbocycles. The molecule has 1 aliphatic rings. The minimum Gasteiger partial charge on any atom is -0.338 e. The Hall–Kier alpha value is -2.40. The third-order valence-electron chi connectivity index (χ3n) is 4.57. The lowest BCUT2D eigenvalue weighted by molar-refractivity contribution is 0.0787. The highest BCUT2D eigenvalue weighted by Crippen LogP contribution is 2.28. The molecule has 5 heteroatoms. The molecule has 1 unspecified atom stereocenters. The van der Waals surface area contributed by atoms with E-state index in [1.807, 2.05) is 28.6 Å². The van der Waals surface area contributed by atoms with Gasteiger partial charge in [-0.2, -0.15) is 5.10 Å². The summed E-state index contributed by atoms with van der Waals surface area (Å²) in [6.45, 7) is 1.71. The first-order valence-electron chi connectivity index (χ1n) is 8.20. The van der Waals surface area contributed by atoms with Crippen LogP contribution in [0.4, 0.5) is 0 Å². The van der Waals surface area contributed by atoms with Crippen LogP contribution in [0.5, 0.6) is 0 Å². The van der Waals surface area contributed by atoms with Gasteiger partial charge in [0.15, 0.2) is 0 Å². The predicted molar refractivity (Wildman–Crippen MR) is 96.1 cm³/mol. The average molecular weight is 337 g/mol. The number of hydrogen-bond donors (Lipinski definition) is 1. The van der Waals surface area contributed by atoms with E-state index < -0.39 is 0 Å². The van der Waals surface area contributed by atoms with Gasteiger partial charge in [0, 0.05) is 35.1 Å². The summed E-state index contributed by atoms with van der Waals surface area (Å²) in [5.74, 6) is 0.708.